The van der Waals surface area contributed by atoms with E-state index in [2.05, 4.69) is 31.0 Å². The van der Waals surface area contributed by atoms with E-state index in [1.165, 1.54) is 0 Å². The number of nitrogens with one attached hydrogen (secondary N) is 1. The van der Waals surface area contributed by atoms with E-state index in [4.69, 9.17) is 5.11 Å². The van der Waals surface area contributed by atoms with Crippen LogP contribution in [0.2, 0.25) is 0 Å². The molecule has 1 aliphatic rings. The van der Waals surface area contributed by atoms with Crippen molar-refractivity contribution in [3.05, 3.63) is 62.6 Å². The Hall–Kier alpha value is -2.16. The van der Waals surface area contributed by atoms with E-state index in [9.17, 15) is 10.1 Å². The van der Waals surface area contributed by atoms with Gasteiger partial charge < -0.3 is 15.3 Å². The topological polar surface area (TPSA) is 81.9 Å². The Morgan fingerprint density at radius 3 is 2.46 bits per heavy atom. The van der Waals surface area contributed by atoms with Crippen LogP contribution in [0, 0.1) is 10.1 Å². The van der Waals surface area contributed by atoms with E-state index in [1.54, 1.807) is 6.07 Å². The average Bonchev–Trinajstić information content (AvgIpc) is 2.69. The molecule has 0 saturated carbocycles. The molecule has 7 nitrogen and oxygen atoms in total. The molecule has 1 atom stereocenters. The number of nitrogens with zero attached hydrogens (tertiary/aromatic N) is 3. The lowest BCUT2D eigenvalue weighted by atomic mass is 10.1. The van der Waals surface area contributed by atoms with Gasteiger partial charge in [-0.3, -0.25) is 15.0 Å². The molecule has 8 heteroatoms. The molecule has 2 N–H and O–H groups in total. The van der Waals surface area contributed by atoms with Gasteiger partial charge in [0.15, 0.2) is 0 Å². The highest BCUT2D eigenvalue weighted by Crippen LogP contribution is 2.33. The molecular weight excluding hydrogens is 424 g/mol. The molecule has 0 unspecified atom stereocenters. The Morgan fingerprint density at radius 2 is 1.86 bits per heavy atom. The first kappa shape index (κ1) is 20.6. The SMILES string of the molecule is C[C@@H](Nc1cc(N2CCN(CCO)CC2)ccc1[N+](=O)[O-])c1ccc(Br)cc1. The van der Waals surface area contributed by atoms with Crippen molar-refractivity contribution in [3.8, 4) is 0 Å². The summed E-state index contributed by atoms with van der Waals surface area (Å²) in [6, 6.07) is 13.1. The summed E-state index contributed by atoms with van der Waals surface area (Å²) in [5.74, 6) is 0. The molecule has 1 fully saturated rings. The van der Waals surface area contributed by atoms with Crippen molar-refractivity contribution in [1.82, 2.24) is 4.90 Å². The van der Waals surface area contributed by atoms with Gasteiger partial charge in [0.1, 0.15) is 5.69 Å². The number of hydrogen-bond acceptors (Lipinski definition) is 6. The number of nitro benzene ring substituents is 1. The summed E-state index contributed by atoms with van der Waals surface area (Å²) in [4.78, 5) is 15.6. The Balaban J connectivity index is 1.78. The van der Waals surface area contributed by atoms with Crippen molar-refractivity contribution in [2.75, 3.05) is 49.5 Å². The molecule has 1 saturated heterocycles. The summed E-state index contributed by atoms with van der Waals surface area (Å²) in [6.07, 6.45) is 0. The van der Waals surface area contributed by atoms with Crippen LogP contribution in [0.1, 0.15) is 18.5 Å². The molecule has 3 rings (SSSR count). The lowest BCUT2D eigenvalue weighted by Crippen LogP contribution is -2.47. The van der Waals surface area contributed by atoms with Crippen LogP contribution in [0.3, 0.4) is 0 Å². The van der Waals surface area contributed by atoms with Gasteiger partial charge in [0.2, 0.25) is 0 Å². The van der Waals surface area contributed by atoms with Gasteiger partial charge in [-0.2, -0.15) is 0 Å². The lowest BCUT2D eigenvalue weighted by Gasteiger charge is -2.36. The number of β-amino-alcohol motifs (C(OH)–C–C–N with tert-alkyl or cyclic N) is 1. The third kappa shape index (κ3) is 5.01. The Bertz CT molecular complexity index is 808. The second kappa shape index (κ2) is 9.36. The molecule has 1 heterocycles. The van der Waals surface area contributed by atoms with Crippen LogP contribution in [0.25, 0.3) is 0 Å². The average molecular weight is 449 g/mol. The van der Waals surface area contributed by atoms with Crippen molar-refractivity contribution >= 4 is 33.0 Å². The quantitative estimate of drug-likeness (QED) is 0.496. The first-order valence-corrected chi connectivity index (χ1v) is 10.2. The number of anilines is 2. The maximum Gasteiger partial charge on any atom is 0.292 e. The van der Waals surface area contributed by atoms with Gasteiger partial charge in [0, 0.05) is 55.0 Å². The van der Waals surface area contributed by atoms with Gasteiger partial charge in [-0.1, -0.05) is 28.1 Å². The Kier molecular flexibility index (Phi) is 6.88. The highest BCUT2D eigenvalue weighted by Gasteiger charge is 2.21. The van der Waals surface area contributed by atoms with Crippen LogP contribution in [-0.2, 0) is 0 Å². The first-order valence-electron chi connectivity index (χ1n) is 9.36. The maximum absolute atomic E-state index is 11.5. The van der Waals surface area contributed by atoms with Crippen molar-refractivity contribution in [2.45, 2.75) is 13.0 Å². The number of nitro groups is 1. The molecule has 28 heavy (non-hydrogen) atoms. The van der Waals surface area contributed by atoms with Crippen LogP contribution in [0.5, 0.6) is 0 Å². The van der Waals surface area contributed by atoms with Crippen LogP contribution in [0.4, 0.5) is 17.1 Å². The van der Waals surface area contributed by atoms with Gasteiger partial charge in [0.25, 0.3) is 5.69 Å². The molecule has 150 valence electrons. The van der Waals surface area contributed by atoms with E-state index in [0.29, 0.717) is 12.2 Å². The summed E-state index contributed by atoms with van der Waals surface area (Å²) in [5.41, 5.74) is 2.63. The van der Waals surface area contributed by atoms with Gasteiger partial charge in [-0.05, 0) is 36.8 Å². The zero-order valence-corrected chi connectivity index (χ0v) is 17.4. The van der Waals surface area contributed by atoms with Gasteiger partial charge >= 0.3 is 0 Å². The third-order valence-corrected chi connectivity index (χ3v) is 5.60. The number of aliphatic hydroxyl groups is 1. The number of hydrogen-bond donors (Lipinski definition) is 2. The molecule has 0 aromatic heterocycles. The molecule has 0 aliphatic carbocycles. The summed E-state index contributed by atoms with van der Waals surface area (Å²) >= 11 is 3.43. The fraction of sp³-hybridized carbons (Fsp3) is 0.400. The minimum absolute atomic E-state index is 0.0662. The monoisotopic (exact) mass is 448 g/mol. The molecule has 2 aromatic carbocycles. The van der Waals surface area contributed by atoms with E-state index < -0.39 is 0 Å². The van der Waals surface area contributed by atoms with Crippen LogP contribution >= 0.6 is 15.9 Å². The minimum Gasteiger partial charge on any atom is -0.395 e. The van der Waals surface area contributed by atoms with Gasteiger partial charge in [-0.15, -0.1) is 0 Å². The second-order valence-corrected chi connectivity index (χ2v) is 7.84. The summed E-state index contributed by atoms with van der Waals surface area (Å²) in [5, 5.41) is 23.9. The zero-order valence-electron chi connectivity index (χ0n) is 15.8. The lowest BCUT2D eigenvalue weighted by molar-refractivity contribution is -0.384. The van der Waals surface area contributed by atoms with Crippen LogP contribution in [0.15, 0.2) is 46.9 Å². The fourth-order valence-electron chi connectivity index (χ4n) is 3.43. The molecule has 0 spiro atoms. The molecular formula is C20H25BrN4O3. The molecule has 2 aromatic rings. The Morgan fingerprint density at radius 1 is 1.18 bits per heavy atom. The normalized spacial score (nSPS) is 16.0. The second-order valence-electron chi connectivity index (χ2n) is 6.93. The van der Waals surface area contributed by atoms with Crippen molar-refractivity contribution < 1.29 is 10.0 Å². The number of halogens is 1. The fourth-order valence-corrected chi connectivity index (χ4v) is 3.70. The van der Waals surface area contributed by atoms with Crippen LogP contribution < -0.4 is 10.2 Å². The van der Waals surface area contributed by atoms with E-state index in [1.807, 2.05) is 43.3 Å². The highest BCUT2D eigenvalue weighted by atomic mass is 79.9. The first-order chi connectivity index (χ1) is 13.5. The minimum atomic E-state index is -0.348. The maximum atomic E-state index is 11.5. The predicted octanol–water partition coefficient (Wildman–Crippen LogP) is 3.64. The number of aliphatic hydroxyl groups excluding tert-OH is 1. The summed E-state index contributed by atoms with van der Waals surface area (Å²) in [6.45, 7) is 6.25. The third-order valence-electron chi connectivity index (χ3n) is 5.07. The molecule has 0 bridgehead atoms. The highest BCUT2D eigenvalue weighted by molar-refractivity contribution is 9.10. The van der Waals surface area contributed by atoms with Crippen molar-refractivity contribution in [1.29, 1.82) is 0 Å². The Labute approximate surface area is 173 Å². The standard InChI is InChI=1S/C20H25BrN4O3/c1-15(16-2-4-17(21)5-3-16)22-19-14-18(6-7-20(19)25(27)28)24-10-8-23(9-11-24)12-13-26/h2-7,14-15,22,26H,8-13H2,1H3/t15-/m1/s1. The van der Waals surface area contributed by atoms with Crippen molar-refractivity contribution in [3.63, 3.8) is 0 Å². The van der Waals surface area contributed by atoms with E-state index in [-0.39, 0.29) is 23.3 Å². The van der Waals surface area contributed by atoms with Gasteiger partial charge in [0.05, 0.1) is 11.5 Å². The number of rotatable bonds is 7. The zero-order chi connectivity index (χ0) is 20.1. The molecule has 1 aliphatic heterocycles. The summed E-state index contributed by atoms with van der Waals surface area (Å²) < 4.78 is 0.997. The van der Waals surface area contributed by atoms with E-state index in [0.717, 1.165) is 41.9 Å². The largest absolute Gasteiger partial charge is 0.395 e. The number of benzene rings is 2. The predicted molar refractivity (Wildman–Crippen MR) is 115 cm³/mol. The van der Waals surface area contributed by atoms with Crippen LogP contribution in [-0.4, -0.2) is 54.3 Å². The van der Waals surface area contributed by atoms with E-state index >= 15 is 0 Å². The number of piperazine rings is 1. The van der Waals surface area contributed by atoms with Gasteiger partial charge in [-0.25, -0.2) is 0 Å². The summed E-state index contributed by atoms with van der Waals surface area (Å²) in [7, 11) is 0. The van der Waals surface area contributed by atoms with Crippen molar-refractivity contribution in [2.24, 2.45) is 0 Å². The molecule has 0 amide bonds. The molecule has 0 radical (unpaired) electrons. The smallest absolute Gasteiger partial charge is 0.292 e.